The second-order valence-corrected chi connectivity index (χ2v) is 9.33. The predicted octanol–water partition coefficient (Wildman–Crippen LogP) is -0.866. The smallest absolute Gasteiger partial charge is 0.271 e. The summed E-state index contributed by atoms with van der Waals surface area (Å²) >= 11 is 0.940. The number of sulfonamides is 1. The Balaban J connectivity index is 2.27. The molecule has 2 aromatic rings. The number of hydrogen-bond acceptors (Lipinski definition) is 10. The predicted molar refractivity (Wildman–Crippen MR) is 110 cm³/mol. The van der Waals surface area contributed by atoms with E-state index in [1.54, 1.807) is 0 Å². The maximum atomic E-state index is 12.7. The van der Waals surface area contributed by atoms with Crippen molar-refractivity contribution in [1.82, 2.24) is 15.3 Å². The topological polar surface area (TPSA) is 162 Å². The molecule has 4 N–H and O–H groups in total. The number of pyridine rings is 1. The highest BCUT2D eigenvalue weighted by molar-refractivity contribution is 7.92. The van der Waals surface area contributed by atoms with Crippen molar-refractivity contribution in [1.29, 1.82) is 0 Å². The molecular formula is C17H24N4O7S2. The Morgan fingerprint density at radius 3 is 2.50 bits per heavy atom. The molecule has 0 aliphatic rings. The van der Waals surface area contributed by atoms with E-state index in [2.05, 4.69) is 15.3 Å². The lowest BCUT2D eigenvalue weighted by Crippen LogP contribution is -2.52. The first-order valence-corrected chi connectivity index (χ1v) is 11.4. The Hall–Kier alpha value is -2.16. The van der Waals surface area contributed by atoms with Gasteiger partial charge in [-0.15, -0.1) is 11.3 Å². The van der Waals surface area contributed by atoms with Gasteiger partial charge in [0.25, 0.3) is 5.91 Å². The first-order valence-electron chi connectivity index (χ1n) is 8.69. The number of amides is 1. The number of anilines is 1. The number of aromatic nitrogens is 2. The van der Waals surface area contributed by atoms with Crippen LogP contribution >= 0.6 is 11.3 Å². The molecule has 30 heavy (non-hydrogen) atoms. The Kier molecular flexibility index (Phi) is 8.23. The number of methoxy groups -OCH3 is 1. The average Bonchev–Trinajstić information content (AvgIpc) is 3.20. The molecule has 13 heteroatoms. The minimum Gasteiger partial charge on any atom is -0.388 e. The molecule has 0 spiro atoms. The van der Waals surface area contributed by atoms with E-state index < -0.39 is 40.3 Å². The zero-order valence-electron chi connectivity index (χ0n) is 16.5. The number of nitrogens with one attached hydrogen (secondary N) is 1. The van der Waals surface area contributed by atoms with Crippen LogP contribution in [0.3, 0.4) is 0 Å². The Morgan fingerprint density at radius 1 is 1.30 bits per heavy atom. The highest BCUT2D eigenvalue weighted by Crippen LogP contribution is 2.23. The molecule has 166 valence electrons. The van der Waals surface area contributed by atoms with Crippen molar-refractivity contribution in [3.8, 4) is 0 Å². The van der Waals surface area contributed by atoms with E-state index in [4.69, 9.17) is 4.74 Å². The Bertz CT molecular complexity index is 939. The number of aliphatic hydroxyl groups excluding tert-OH is 3. The van der Waals surface area contributed by atoms with E-state index in [0.717, 1.165) is 21.9 Å². The normalized spacial score (nSPS) is 15.8. The third-order valence-corrected chi connectivity index (χ3v) is 6.48. The van der Waals surface area contributed by atoms with E-state index in [0.29, 0.717) is 5.56 Å². The van der Waals surface area contributed by atoms with Crippen LogP contribution in [-0.4, -0.2) is 84.9 Å². The van der Waals surface area contributed by atoms with E-state index in [1.165, 1.54) is 44.1 Å². The fourth-order valence-corrected chi connectivity index (χ4v) is 4.04. The second-order valence-electron chi connectivity index (χ2n) is 6.48. The van der Waals surface area contributed by atoms with Crippen LogP contribution in [0.15, 0.2) is 29.9 Å². The molecule has 2 rings (SSSR count). The van der Waals surface area contributed by atoms with Crippen LogP contribution in [0.25, 0.3) is 0 Å². The lowest BCUT2D eigenvalue weighted by molar-refractivity contribution is -0.0633. The monoisotopic (exact) mass is 460 g/mol. The van der Waals surface area contributed by atoms with Crippen molar-refractivity contribution in [2.24, 2.45) is 0 Å². The van der Waals surface area contributed by atoms with Crippen molar-refractivity contribution >= 4 is 32.4 Å². The summed E-state index contributed by atoms with van der Waals surface area (Å²) in [5.41, 5.74) is 0.251. The molecule has 4 unspecified atom stereocenters. The van der Waals surface area contributed by atoms with Crippen LogP contribution in [0, 0.1) is 0 Å². The number of carbonyl (C=O) groups is 1. The third-order valence-electron chi connectivity index (χ3n) is 4.28. The molecule has 0 fully saturated rings. The van der Waals surface area contributed by atoms with Crippen LogP contribution in [0.1, 0.15) is 22.2 Å². The van der Waals surface area contributed by atoms with Gasteiger partial charge in [0, 0.05) is 31.9 Å². The minimum absolute atomic E-state index is 0.0776. The minimum atomic E-state index is -3.56. The van der Waals surface area contributed by atoms with Crippen LogP contribution in [0.5, 0.6) is 0 Å². The van der Waals surface area contributed by atoms with Gasteiger partial charge in [-0.1, -0.05) is 0 Å². The number of aliphatic hydroxyl groups is 3. The number of ether oxygens (including phenoxy) is 1. The molecule has 1 amide bonds. The van der Waals surface area contributed by atoms with Gasteiger partial charge in [-0.2, -0.15) is 0 Å². The summed E-state index contributed by atoms with van der Waals surface area (Å²) in [6.45, 7) is -0.226. The summed E-state index contributed by atoms with van der Waals surface area (Å²) in [6.07, 6.45) is -0.474. The fraction of sp³-hybridized carbons (Fsp3) is 0.471. The standard InChI is InChI=1S/C17H24N4O7S2/c1-21(30(3,26)27)17-19-11(9-29-17)16(25)20-13(15(24)12(22)8-28-2)14(23)10-4-6-18-7-5-10/h4-7,9,12-15,22-24H,8H2,1-3H3,(H,20,25). The van der Waals surface area contributed by atoms with E-state index >= 15 is 0 Å². The fourth-order valence-electron chi connectivity index (χ4n) is 2.51. The number of rotatable bonds is 10. The number of nitrogens with zero attached hydrogens (tertiary/aromatic N) is 3. The maximum absolute atomic E-state index is 12.7. The van der Waals surface area contributed by atoms with Crippen molar-refractivity contribution < 1.29 is 33.3 Å². The van der Waals surface area contributed by atoms with Crippen molar-refractivity contribution in [3.63, 3.8) is 0 Å². The summed E-state index contributed by atoms with van der Waals surface area (Å²) in [5.74, 6) is -0.763. The molecule has 2 heterocycles. The Labute approximate surface area is 178 Å². The maximum Gasteiger partial charge on any atom is 0.271 e. The van der Waals surface area contributed by atoms with Gasteiger partial charge < -0.3 is 25.4 Å². The summed E-state index contributed by atoms with van der Waals surface area (Å²) in [4.78, 5) is 20.5. The lowest BCUT2D eigenvalue weighted by atomic mass is 9.95. The molecule has 0 aliphatic carbocycles. The van der Waals surface area contributed by atoms with Gasteiger partial charge in [-0.05, 0) is 17.7 Å². The van der Waals surface area contributed by atoms with Gasteiger partial charge in [0.1, 0.15) is 24.0 Å². The molecule has 0 bridgehead atoms. The van der Waals surface area contributed by atoms with Gasteiger partial charge in [0.05, 0.1) is 18.9 Å². The summed E-state index contributed by atoms with van der Waals surface area (Å²) in [5, 5.41) is 35.2. The largest absolute Gasteiger partial charge is 0.388 e. The van der Waals surface area contributed by atoms with Gasteiger partial charge in [-0.3, -0.25) is 9.78 Å². The van der Waals surface area contributed by atoms with Crippen LogP contribution in [-0.2, 0) is 14.8 Å². The van der Waals surface area contributed by atoms with Gasteiger partial charge in [0.2, 0.25) is 10.0 Å². The van der Waals surface area contributed by atoms with Gasteiger partial charge in [0.15, 0.2) is 5.13 Å². The summed E-state index contributed by atoms with van der Waals surface area (Å²) in [6, 6.07) is 1.69. The number of hydrogen-bond donors (Lipinski definition) is 4. The van der Waals surface area contributed by atoms with E-state index in [-0.39, 0.29) is 17.4 Å². The van der Waals surface area contributed by atoms with E-state index in [1.807, 2.05) is 0 Å². The quantitative estimate of drug-likeness (QED) is 0.353. The first-order chi connectivity index (χ1) is 14.1. The third kappa shape index (κ3) is 5.93. The molecule has 0 saturated heterocycles. The first kappa shape index (κ1) is 24.1. The zero-order valence-corrected chi connectivity index (χ0v) is 18.2. The Morgan fingerprint density at radius 2 is 1.93 bits per heavy atom. The molecule has 0 saturated carbocycles. The molecule has 0 aliphatic heterocycles. The van der Waals surface area contributed by atoms with Gasteiger partial charge >= 0.3 is 0 Å². The molecule has 2 aromatic heterocycles. The molecule has 4 atom stereocenters. The molecule has 0 aromatic carbocycles. The van der Waals surface area contributed by atoms with Crippen LogP contribution in [0.2, 0.25) is 0 Å². The number of carbonyl (C=O) groups excluding carboxylic acids is 1. The average molecular weight is 461 g/mol. The lowest BCUT2D eigenvalue weighted by Gasteiger charge is -2.31. The van der Waals surface area contributed by atoms with Crippen molar-refractivity contribution in [2.75, 3.05) is 31.3 Å². The van der Waals surface area contributed by atoms with Crippen LogP contribution in [0.4, 0.5) is 5.13 Å². The highest BCUT2D eigenvalue weighted by atomic mass is 32.2. The van der Waals surface area contributed by atoms with Crippen molar-refractivity contribution in [3.05, 3.63) is 41.2 Å². The SMILES string of the molecule is COCC(O)C(O)C(NC(=O)c1csc(N(C)S(C)(=O)=O)n1)C(O)c1ccncc1. The van der Waals surface area contributed by atoms with Crippen LogP contribution < -0.4 is 9.62 Å². The van der Waals surface area contributed by atoms with Gasteiger partial charge in [-0.25, -0.2) is 17.7 Å². The summed E-state index contributed by atoms with van der Waals surface area (Å²) < 4.78 is 29.0. The summed E-state index contributed by atoms with van der Waals surface area (Å²) in [7, 11) is -0.922. The second kappa shape index (κ2) is 10.2. The van der Waals surface area contributed by atoms with Crippen molar-refractivity contribution in [2.45, 2.75) is 24.4 Å². The molecule has 11 nitrogen and oxygen atoms in total. The molecule has 0 radical (unpaired) electrons. The zero-order chi connectivity index (χ0) is 22.5. The van der Waals surface area contributed by atoms with E-state index in [9.17, 15) is 28.5 Å². The number of thiazole rings is 1. The molecular weight excluding hydrogens is 436 g/mol. The highest BCUT2D eigenvalue weighted by Gasteiger charge is 2.35.